The van der Waals surface area contributed by atoms with Crippen molar-refractivity contribution < 1.29 is 39.5 Å². The molecule has 0 spiro atoms. The topological polar surface area (TPSA) is 182 Å². The largest absolute Gasteiger partial charge is 0.507 e. The molecule has 0 amide bonds. The molecule has 0 saturated heterocycles. The average Bonchev–Trinajstić information content (AvgIpc) is 2.85. The van der Waals surface area contributed by atoms with Gasteiger partial charge in [0.1, 0.15) is 11.5 Å². The van der Waals surface area contributed by atoms with E-state index in [1.807, 2.05) is 0 Å². The summed E-state index contributed by atoms with van der Waals surface area (Å²) < 4.78 is 10.4. The molecule has 10 nitrogen and oxygen atoms in total. The van der Waals surface area contributed by atoms with Gasteiger partial charge in [0.05, 0.1) is 21.9 Å². The minimum Gasteiger partial charge on any atom is -0.507 e. The third kappa shape index (κ3) is 3.43. The molecule has 0 bridgehead atoms. The Bertz CT molecular complexity index is 1660. The molecule has 0 atom stereocenters. The number of fused-ring (bicyclic) bond motifs is 2. The van der Waals surface area contributed by atoms with Crippen molar-refractivity contribution in [2.75, 3.05) is 0 Å². The zero-order chi connectivity index (χ0) is 25.7. The lowest BCUT2D eigenvalue weighted by Crippen LogP contribution is -2.22. The van der Waals surface area contributed by atoms with E-state index in [0.29, 0.717) is 5.56 Å². The van der Waals surface area contributed by atoms with Crippen LogP contribution >= 0.6 is 0 Å². The maximum Gasteiger partial charge on any atom is 0.344 e. The summed E-state index contributed by atoms with van der Waals surface area (Å²) in [6.07, 6.45) is -0.0668. The Morgan fingerprint density at radius 1 is 0.583 bits per heavy atom. The molecule has 5 rings (SSSR count). The van der Waals surface area contributed by atoms with Gasteiger partial charge in [-0.1, -0.05) is 30.3 Å². The van der Waals surface area contributed by atoms with Crippen LogP contribution in [0.1, 0.15) is 22.6 Å². The number of hydrogen-bond acceptors (Lipinski definition) is 10. The Labute approximate surface area is 200 Å². The Balaban J connectivity index is 1.85. The van der Waals surface area contributed by atoms with E-state index in [9.17, 15) is 40.2 Å². The third-order valence-electron chi connectivity index (χ3n) is 6.05. The van der Waals surface area contributed by atoms with Crippen molar-refractivity contribution >= 4 is 21.9 Å². The highest BCUT2D eigenvalue weighted by molar-refractivity contribution is 5.92. The molecule has 0 radical (unpaired) electrons. The Morgan fingerprint density at radius 3 is 1.47 bits per heavy atom. The highest BCUT2D eigenvalue weighted by Crippen LogP contribution is 2.44. The van der Waals surface area contributed by atoms with Gasteiger partial charge >= 0.3 is 11.3 Å². The molecule has 182 valence electrons. The fraction of sp³-hybridized carbons (Fsp3) is 0.0769. The van der Waals surface area contributed by atoms with E-state index in [0.717, 1.165) is 12.1 Å². The maximum absolute atomic E-state index is 13.1. The summed E-state index contributed by atoms with van der Waals surface area (Å²) in [6.45, 7) is 0. The smallest absolute Gasteiger partial charge is 0.344 e. The average molecular weight is 490 g/mol. The van der Waals surface area contributed by atoms with Crippen molar-refractivity contribution in [3.8, 4) is 34.5 Å². The van der Waals surface area contributed by atoms with Gasteiger partial charge in [0.25, 0.3) is 0 Å². The van der Waals surface area contributed by atoms with Gasteiger partial charge in [-0.05, 0) is 36.2 Å². The van der Waals surface area contributed by atoms with Crippen LogP contribution in [0, 0.1) is 0 Å². The number of phenols is 4. The molecule has 0 unspecified atom stereocenters. The maximum atomic E-state index is 13.1. The molecule has 3 aromatic carbocycles. The van der Waals surface area contributed by atoms with Crippen LogP contribution in [0.25, 0.3) is 21.9 Å². The molecular weight excluding hydrogens is 472 g/mol. The third-order valence-corrected chi connectivity index (χ3v) is 6.05. The van der Waals surface area contributed by atoms with Crippen molar-refractivity contribution in [1.29, 1.82) is 0 Å². The first-order chi connectivity index (χ1) is 17.2. The predicted octanol–water partition coefficient (Wildman–Crippen LogP) is 3.51. The first kappa shape index (κ1) is 22.7. The van der Waals surface area contributed by atoms with Crippen molar-refractivity contribution in [2.45, 2.75) is 12.3 Å². The van der Waals surface area contributed by atoms with E-state index < -0.39 is 74.0 Å². The van der Waals surface area contributed by atoms with Crippen LogP contribution in [0.3, 0.4) is 0 Å². The van der Waals surface area contributed by atoms with Crippen LogP contribution in [0.15, 0.2) is 73.0 Å². The van der Waals surface area contributed by atoms with Crippen LogP contribution in [-0.4, -0.2) is 30.6 Å². The predicted molar refractivity (Wildman–Crippen MR) is 127 cm³/mol. The van der Waals surface area contributed by atoms with E-state index >= 15 is 0 Å². The van der Waals surface area contributed by atoms with Crippen molar-refractivity contribution in [1.82, 2.24) is 0 Å². The molecule has 0 aliphatic rings. The number of rotatable bonds is 4. The molecule has 2 aromatic heterocycles. The van der Waals surface area contributed by atoms with Crippen molar-refractivity contribution in [2.24, 2.45) is 0 Å². The number of aromatic hydroxyl groups is 6. The quantitative estimate of drug-likeness (QED) is 0.161. The Kier molecular flexibility index (Phi) is 5.21. The fourth-order valence-corrected chi connectivity index (χ4v) is 4.29. The van der Waals surface area contributed by atoms with E-state index in [-0.39, 0.29) is 17.2 Å². The molecule has 0 fully saturated rings. The zero-order valence-electron chi connectivity index (χ0n) is 18.3. The first-order valence-electron chi connectivity index (χ1n) is 10.6. The second-order valence-corrected chi connectivity index (χ2v) is 8.17. The summed E-state index contributed by atoms with van der Waals surface area (Å²) in [5.41, 5.74) is -3.36. The fourth-order valence-electron chi connectivity index (χ4n) is 4.29. The van der Waals surface area contributed by atoms with Crippen molar-refractivity contribution in [3.05, 3.63) is 92.1 Å². The minimum atomic E-state index is -1.31. The van der Waals surface area contributed by atoms with Gasteiger partial charge in [0.2, 0.25) is 11.5 Å². The van der Waals surface area contributed by atoms with Gasteiger partial charge in [-0.15, -0.1) is 0 Å². The van der Waals surface area contributed by atoms with Crippen LogP contribution < -0.4 is 11.3 Å². The van der Waals surface area contributed by atoms with E-state index in [1.54, 1.807) is 30.3 Å². The first-order valence-corrected chi connectivity index (χ1v) is 10.6. The molecule has 0 aliphatic heterocycles. The normalized spacial score (nSPS) is 11.5. The molecule has 0 aliphatic carbocycles. The number of hydrogen-bond donors (Lipinski definition) is 6. The Hall–Kier alpha value is -5.12. The van der Waals surface area contributed by atoms with Gasteiger partial charge in [-0.2, -0.15) is 0 Å². The summed E-state index contributed by atoms with van der Waals surface area (Å²) in [7, 11) is 0. The summed E-state index contributed by atoms with van der Waals surface area (Å²) in [5, 5.41) is 61.6. The van der Waals surface area contributed by atoms with E-state index in [2.05, 4.69) is 0 Å². The highest BCUT2D eigenvalue weighted by atomic mass is 16.4. The summed E-state index contributed by atoms with van der Waals surface area (Å²) >= 11 is 0. The van der Waals surface area contributed by atoms with E-state index in [1.165, 1.54) is 12.1 Å². The second kappa shape index (κ2) is 8.27. The van der Waals surface area contributed by atoms with Crippen molar-refractivity contribution in [3.63, 3.8) is 0 Å². The molecule has 2 heterocycles. The molecular formula is C26H18O10. The van der Waals surface area contributed by atoms with Crippen LogP contribution in [0.4, 0.5) is 0 Å². The van der Waals surface area contributed by atoms with Gasteiger partial charge in [0.15, 0.2) is 22.7 Å². The standard InChI is InChI=1S/C26H18O10/c27-15-8-6-12-19(29)17(25(33)35-23(12)21(15)31)14(10-11-4-2-1-3-5-11)18-20(30)13-7-9-16(28)22(32)24(13)36-26(18)34/h1-9,14,27-32H,10H2. The molecule has 10 heteroatoms. The monoisotopic (exact) mass is 490 g/mol. The van der Waals surface area contributed by atoms with Gasteiger partial charge in [0, 0.05) is 5.92 Å². The number of benzene rings is 3. The number of phenolic OH excluding ortho intramolecular Hbond substituents is 4. The Morgan fingerprint density at radius 2 is 1.03 bits per heavy atom. The SMILES string of the molecule is O=c1oc2c(O)c(O)ccc2c(O)c1C(Cc1ccccc1)c1c(O)c2ccc(O)c(O)c2oc1=O. The lowest BCUT2D eigenvalue weighted by molar-refractivity contribution is 0.390. The van der Waals surface area contributed by atoms with Crippen LogP contribution in [0.2, 0.25) is 0 Å². The lowest BCUT2D eigenvalue weighted by atomic mass is 9.85. The van der Waals surface area contributed by atoms with Crippen LogP contribution in [0.5, 0.6) is 34.5 Å². The molecule has 36 heavy (non-hydrogen) atoms. The highest BCUT2D eigenvalue weighted by Gasteiger charge is 2.32. The lowest BCUT2D eigenvalue weighted by Gasteiger charge is -2.19. The summed E-state index contributed by atoms with van der Waals surface area (Å²) in [4.78, 5) is 26.2. The molecule has 0 saturated carbocycles. The van der Waals surface area contributed by atoms with Gasteiger partial charge in [-0.25, -0.2) is 9.59 Å². The minimum absolute atomic E-state index is 0.0668. The van der Waals surface area contributed by atoms with E-state index in [4.69, 9.17) is 8.83 Å². The summed E-state index contributed by atoms with van der Waals surface area (Å²) in [6, 6.07) is 13.2. The molecule has 5 aromatic rings. The van der Waals surface area contributed by atoms with Gasteiger partial charge < -0.3 is 39.5 Å². The van der Waals surface area contributed by atoms with Gasteiger partial charge in [-0.3, -0.25) is 0 Å². The van der Waals surface area contributed by atoms with Crippen LogP contribution in [-0.2, 0) is 6.42 Å². The summed E-state index contributed by atoms with van der Waals surface area (Å²) in [5.74, 6) is -5.23. The zero-order valence-corrected chi connectivity index (χ0v) is 18.3. The molecule has 6 N–H and O–H groups in total. The second-order valence-electron chi connectivity index (χ2n) is 8.17.